The third-order valence-corrected chi connectivity index (χ3v) is 6.67. The first-order valence-corrected chi connectivity index (χ1v) is 11.7. The summed E-state index contributed by atoms with van der Waals surface area (Å²) in [6.07, 6.45) is 3.38. The van der Waals surface area contributed by atoms with Crippen molar-refractivity contribution in [1.29, 1.82) is 0 Å². The first-order valence-electron chi connectivity index (χ1n) is 10.9. The molecule has 4 aromatic rings. The minimum Gasteiger partial charge on any atom is -0.399 e. The SMILES string of the molecule is CC(c1ccc(N)cc1)N1C(=O)COC1c1cn(-c2ccc(Br)cc2)cc1-c1ccc(F)cc1. The molecule has 2 atom stereocenters. The number of amides is 1. The van der Waals surface area contributed by atoms with E-state index in [1.807, 2.05) is 72.4 Å². The zero-order valence-corrected chi connectivity index (χ0v) is 20.1. The quantitative estimate of drug-likeness (QED) is 0.317. The second-order valence-electron chi connectivity index (χ2n) is 8.32. The lowest BCUT2D eigenvalue weighted by Gasteiger charge is -2.30. The standard InChI is InChI=1S/C27H23BrFN3O2/c1-17(18-4-10-22(30)11-5-18)32-26(33)16-34-27(32)25-15-31(23-12-6-20(28)7-13-23)14-24(25)19-2-8-21(29)9-3-19/h2-15,17,27H,16,30H2,1H3. The predicted molar refractivity (Wildman–Crippen MR) is 134 cm³/mol. The van der Waals surface area contributed by atoms with Crippen LogP contribution in [0.2, 0.25) is 0 Å². The molecule has 0 radical (unpaired) electrons. The summed E-state index contributed by atoms with van der Waals surface area (Å²) in [7, 11) is 0. The van der Waals surface area contributed by atoms with E-state index in [4.69, 9.17) is 10.5 Å². The Bertz CT molecular complexity index is 1320. The summed E-state index contributed by atoms with van der Waals surface area (Å²) in [5.74, 6) is -0.390. The maximum Gasteiger partial charge on any atom is 0.251 e. The van der Waals surface area contributed by atoms with Gasteiger partial charge in [0.1, 0.15) is 12.4 Å². The molecular weight excluding hydrogens is 497 g/mol. The number of halogens is 2. The predicted octanol–water partition coefficient (Wildman–Crippen LogP) is 6.25. The van der Waals surface area contributed by atoms with E-state index in [1.54, 1.807) is 17.0 Å². The molecule has 2 N–H and O–H groups in total. The van der Waals surface area contributed by atoms with Crippen LogP contribution in [-0.2, 0) is 9.53 Å². The molecule has 0 spiro atoms. The number of anilines is 1. The number of nitrogens with two attached hydrogens (primary N) is 1. The maximum absolute atomic E-state index is 13.7. The summed E-state index contributed by atoms with van der Waals surface area (Å²) < 4.78 is 22.7. The van der Waals surface area contributed by atoms with Crippen molar-refractivity contribution >= 4 is 27.5 Å². The van der Waals surface area contributed by atoms with Crippen molar-refractivity contribution in [3.63, 3.8) is 0 Å². The minimum absolute atomic E-state index is 0.00367. The Labute approximate surface area is 205 Å². The van der Waals surface area contributed by atoms with Gasteiger partial charge in [-0.1, -0.05) is 40.2 Å². The molecule has 2 heterocycles. The Kier molecular flexibility index (Phi) is 5.98. The molecule has 3 aromatic carbocycles. The molecule has 1 amide bonds. The fraction of sp³-hybridized carbons (Fsp3) is 0.148. The van der Waals surface area contributed by atoms with Crippen LogP contribution in [0.15, 0.2) is 89.7 Å². The van der Waals surface area contributed by atoms with Crippen LogP contribution in [0, 0.1) is 5.82 Å². The van der Waals surface area contributed by atoms with Crippen LogP contribution in [0.1, 0.15) is 30.3 Å². The highest BCUT2D eigenvalue weighted by molar-refractivity contribution is 9.10. The van der Waals surface area contributed by atoms with E-state index in [9.17, 15) is 9.18 Å². The highest BCUT2D eigenvalue weighted by atomic mass is 79.9. The van der Waals surface area contributed by atoms with Gasteiger partial charge in [0.2, 0.25) is 0 Å². The van der Waals surface area contributed by atoms with Crippen LogP contribution in [0.4, 0.5) is 10.1 Å². The van der Waals surface area contributed by atoms with Gasteiger partial charge in [-0.3, -0.25) is 4.79 Å². The van der Waals surface area contributed by atoms with Crippen molar-refractivity contribution < 1.29 is 13.9 Å². The molecule has 1 aromatic heterocycles. The molecule has 5 nitrogen and oxygen atoms in total. The molecule has 2 unspecified atom stereocenters. The molecule has 172 valence electrons. The van der Waals surface area contributed by atoms with E-state index in [1.165, 1.54) is 12.1 Å². The fourth-order valence-corrected chi connectivity index (χ4v) is 4.59. The smallest absolute Gasteiger partial charge is 0.251 e. The number of ether oxygens (including phenoxy) is 1. The van der Waals surface area contributed by atoms with Crippen LogP contribution in [0.3, 0.4) is 0 Å². The maximum atomic E-state index is 13.7. The number of aromatic nitrogens is 1. The Balaban J connectivity index is 1.60. The van der Waals surface area contributed by atoms with Crippen molar-refractivity contribution in [3.8, 4) is 16.8 Å². The normalized spacial score (nSPS) is 16.7. The third-order valence-electron chi connectivity index (χ3n) is 6.14. The number of rotatable bonds is 5. The molecule has 0 aliphatic carbocycles. The molecule has 0 bridgehead atoms. The van der Waals surface area contributed by atoms with Crippen molar-refractivity contribution in [2.75, 3.05) is 12.3 Å². The highest BCUT2D eigenvalue weighted by Gasteiger charge is 2.39. The van der Waals surface area contributed by atoms with Gasteiger partial charge in [-0.15, -0.1) is 0 Å². The summed E-state index contributed by atoms with van der Waals surface area (Å²) in [6, 6.07) is 21.6. The fourth-order valence-electron chi connectivity index (χ4n) is 4.33. The van der Waals surface area contributed by atoms with Crippen LogP contribution < -0.4 is 5.73 Å². The largest absolute Gasteiger partial charge is 0.399 e. The van der Waals surface area contributed by atoms with Gasteiger partial charge in [0.15, 0.2) is 6.23 Å². The number of benzene rings is 3. The van der Waals surface area contributed by atoms with Gasteiger partial charge in [0, 0.05) is 39.4 Å². The van der Waals surface area contributed by atoms with Gasteiger partial charge in [0.05, 0.1) is 6.04 Å². The topological polar surface area (TPSA) is 60.5 Å². The van der Waals surface area contributed by atoms with Crippen LogP contribution in [0.25, 0.3) is 16.8 Å². The van der Waals surface area contributed by atoms with Crippen LogP contribution in [-0.4, -0.2) is 22.0 Å². The second kappa shape index (κ2) is 9.08. The van der Waals surface area contributed by atoms with E-state index >= 15 is 0 Å². The molecule has 0 saturated carbocycles. The molecule has 7 heteroatoms. The van der Waals surface area contributed by atoms with Gasteiger partial charge >= 0.3 is 0 Å². The lowest BCUT2D eigenvalue weighted by molar-refractivity contribution is -0.130. The zero-order chi connectivity index (χ0) is 23.8. The molecule has 1 fully saturated rings. The molecular formula is C27H23BrFN3O2. The third kappa shape index (κ3) is 4.24. The molecule has 34 heavy (non-hydrogen) atoms. The van der Waals surface area contributed by atoms with Gasteiger partial charge in [-0.2, -0.15) is 0 Å². The second-order valence-corrected chi connectivity index (χ2v) is 9.24. The van der Waals surface area contributed by atoms with E-state index in [0.717, 1.165) is 32.4 Å². The summed E-state index contributed by atoms with van der Waals surface area (Å²) in [6.45, 7) is 1.98. The molecule has 1 aliphatic rings. The molecule has 5 rings (SSSR count). The van der Waals surface area contributed by atoms with Gasteiger partial charge in [-0.05, 0) is 66.6 Å². The first-order chi connectivity index (χ1) is 16.4. The number of hydrogen-bond donors (Lipinski definition) is 1. The van der Waals surface area contributed by atoms with E-state index < -0.39 is 6.23 Å². The monoisotopic (exact) mass is 519 g/mol. The van der Waals surface area contributed by atoms with Crippen LogP contribution in [0.5, 0.6) is 0 Å². The van der Waals surface area contributed by atoms with Gasteiger partial charge < -0.3 is 19.9 Å². The van der Waals surface area contributed by atoms with Gasteiger partial charge in [-0.25, -0.2) is 4.39 Å². The number of hydrogen-bond acceptors (Lipinski definition) is 3. The Hall–Kier alpha value is -3.42. The van der Waals surface area contributed by atoms with E-state index in [-0.39, 0.29) is 24.4 Å². The molecule has 1 saturated heterocycles. The van der Waals surface area contributed by atoms with Crippen molar-refractivity contribution in [3.05, 3.63) is 107 Å². The summed E-state index contributed by atoms with van der Waals surface area (Å²) in [4.78, 5) is 14.7. The number of carbonyl (C=O) groups is 1. The zero-order valence-electron chi connectivity index (χ0n) is 18.5. The first kappa shape index (κ1) is 22.4. The van der Waals surface area contributed by atoms with Crippen molar-refractivity contribution in [2.45, 2.75) is 19.2 Å². The van der Waals surface area contributed by atoms with Gasteiger partial charge in [0.25, 0.3) is 5.91 Å². The van der Waals surface area contributed by atoms with Crippen LogP contribution >= 0.6 is 15.9 Å². The lowest BCUT2D eigenvalue weighted by Crippen LogP contribution is -2.31. The minimum atomic E-state index is -0.586. The highest BCUT2D eigenvalue weighted by Crippen LogP contribution is 2.41. The number of nitrogens with zero attached hydrogens (tertiary/aromatic N) is 2. The summed E-state index contributed by atoms with van der Waals surface area (Å²) in [5.41, 5.74) is 11.0. The average Bonchev–Trinajstić information content (AvgIpc) is 3.44. The lowest BCUT2D eigenvalue weighted by atomic mass is 10.0. The number of nitrogen functional groups attached to an aromatic ring is 1. The average molecular weight is 520 g/mol. The van der Waals surface area contributed by atoms with E-state index in [2.05, 4.69) is 15.9 Å². The number of carbonyl (C=O) groups excluding carboxylic acids is 1. The van der Waals surface area contributed by atoms with Crippen molar-refractivity contribution in [2.24, 2.45) is 0 Å². The summed E-state index contributed by atoms with van der Waals surface area (Å²) in [5, 5.41) is 0. The van der Waals surface area contributed by atoms with E-state index in [0.29, 0.717) is 5.69 Å². The Morgan fingerprint density at radius 2 is 1.68 bits per heavy atom. The molecule has 1 aliphatic heterocycles. The Morgan fingerprint density at radius 1 is 1.00 bits per heavy atom. The Morgan fingerprint density at radius 3 is 2.35 bits per heavy atom. The summed E-state index contributed by atoms with van der Waals surface area (Å²) >= 11 is 3.48. The van der Waals surface area contributed by atoms with Crippen molar-refractivity contribution in [1.82, 2.24) is 9.47 Å².